The van der Waals surface area contributed by atoms with Gasteiger partial charge in [-0.25, -0.2) is 0 Å². The van der Waals surface area contributed by atoms with Crippen molar-refractivity contribution in [1.29, 1.82) is 0 Å². The Kier molecular flexibility index (Phi) is 40.1. The maximum Gasteiger partial charge on any atom is 0.306 e. The summed E-state index contributed by atoms with van der Waals surface area (Å²) in [5, 5.41) is 9.59. The van der Waals surface area contributed by atoms with Crippen LogP contribution < -0.4 is 0 Å². The molecule has 0 aliphatic carbocycles. The number of carbonyl (C=O) groups excluding carboxylic acids is 1. The molecule has 0 aliphatic rings. The van der Waals surface area contributed by atoms with Crippen molar-refractivity contribution in [2.45, 2.75) is 187 Å². The minimum absolute atomic E-state index is 0.184. The number of carbonyl (C=O) groups is 1. The lowest BCUT2D eigenvalue weighted by atomic mass is 10.1. The molecule has 282 valence electrons. The van der Waals surface area contributed by atoms with Crippen LogP contribution in [0.3, 0.4) is 0 Å². The van der Waals surface area contributed by atoms with E-state index in [2.05, 4.69) is 86.8 Å². The van der Waals surface area contributed by atoms with Crippen molar-refractivity contribution < 1.29 is 19.4 Å². The third-order valence-electron chi connectivity index (χ3n) is 8.52. The topological polar surface area (TPSA) is 55.8 Å². The molecule has 0 radical (unpaired) electrons. The average molecular weight is 683 g/mol. The largest absolute Gasteiger partial charge is 0.457 e. The lowest BCUT2D eigenvalue weighted by molar-refractivity contribution is -0.154. The van der Waals surface area contributed by atoms with E-state index in [-0.39, 0.29) is 19.2 Å². The Morgan fingerprint density at radius 3 is 1.39 bits per heavy atom. The van der Waals surface area contributed by atoms with Gasteiger partial charge >= 0.3 is 5.97 Å². The first kappa shape index (κ1) is 46.8. The molecule has 0 amide bonds. The fourth-order valence-electron chi connectivity index (χ4n) is 5.47. The van der Waals surface area contributed by atoms with E-state index in [4.69, 9.17) is 9.47 Å². The van der Waals surface area contributed by atoms with Crippen molar-refractivity contribution >= 4 is 5.97 Å². The number of hydrogen-bond donors (Lipinski definition) is 1. The Bertz CT molecular complexity index is 850. The zero-order valence-corrected chi connectivity index (χ0v) is 32.2. The molecular weight excluding hydrogens is 604 g/mol. The van der Waals surface area contributed by atoms with Gasteiger partial charge in [-0.1, -0.05) is 164 Å². The summed E-state index contributed by atoms with van der Waals surface area (Å²) in [4.78, 5) is 12.2. The number of hydrogen-bond acceptors (Lipinski definition) is 4. The summed E-state index contributed by atoms with van der Waals surface area (Å²) >= 11 is 0. The van der Waals surface area contributed by atoms with E-state index in [1.807, 2.05) is 0 Å². The van der Waals surface area contributed by atoms with Crippen LogP contribution in [-0.2, 0) is 14.3 Å². The van der Waals surface area contributed by atoms with E-state index in [1.165, 1.54) is 96.3 Å². The molecule has 0 heterocycles. The van der Waals surface area contributed by atoms with Crippen molar-refractivity contribution in [3.05, 3.63) is 72.9 Å². The molecule has 0 aliphatic heterocycles. The number of rotatable bonds is 37. The Labute approximate surface area is 304 Å². The van der Waals surface area contributed by atoms with E-state index in [9.17, 15) is 9.90 Å². The summed E-state index contributed by atoms with van der Waals surface area (Å²) in [5.41, 5.74) is 0. The quantitative estimate of drug-likeness (QED) is 0.0402. The molecule has 49 heavy (non-hydrogen) atoms. The molecule has 0 aromatic rings. The number of aliphatic hydroxyl groups excluding tert-OH is 1. The third-order valence-corrected chi connectivity index (χ3v) is 8.52. The Balaban J connectivity index is 3.50. The summed E-state index contributed by atoms with van der Waals surface area (Å²) in [7, 11) is 0. The lowest BCUT2D eigenvalue weighted by Crippen LogP contribution is -2.27. The van der Waals surface area contributed by atoms with Gasteiger partial charge in [-0.05, 0) is 83.5 Å². The van der Waals surface area contributed by atoms with Gasteiger partial charge in [0.1, 0.15) is 6.10 Å². The smallest absolute Gasteiger partial charge is 0.306 e. The average Bonchev–Trinajstić information content (AvgIpc) is 3.11. The standard InChI is InChI=1S/C45H78O4/c1-3-5-7-9-11-13-15-17-19-21-23-24-26-28-30-32-34-36-38-40-45(47)49-44(42-46)43-48-41-39-37-35-33-31-29-27-25-22-20-18-16-14-12-10-8-6-4-2/h6,8,11-14,17-20,23-24,44,46H,3-5,7,9-10,15-16,21-22,25-43H2,1-2H3/b8-6-,13-11-,14-12-,19-17-,20-18-,24-23-. The van der Waals surface area contributed by atoms with Gasteiger partial charge in [-0.15, -0.1) is 0 Å². The molecule has 0 fully saturated rings. The van der Waals surface area contributed by atoms with Crippen LogP contribution >= 0.6 is 0 Å². The molecule has 1 unspecified atom stereocenters. The van der Waals surface area contributed by atoms with Crippen LogP contribution in [-0.4, -0.2) is 37.0 Å². The lowest BCUT2D eigenvalue weighted by Gasteiger charge is -2.15. The minimum Gasteiger partial charge on any atom is -0.457 e. The van der Waals surface area contributed by atoms with Gasteiger partial charge in [0.05, 0.1) is 13.2 Å². The van der Waals surface area contributed by atoms with Gasteiger partial charge in [0.2, 0.25) is 0 Å². The van der Waals surface area contributed by atoms with E-state index in [0.717, 1.165) is 64.2 Å². The zero-order valence-electron chi connectivity index (χ0n) is 32.2. The van der Waals surface area contributed by atoms with Crippen LogP contribution in [0, 0.1) is 0 Å². The van der Waals surface area contributed by atoms with Gasteiger partial charge < -0.3 is 14.6 Å². The first-order chi connectivity index (χ1) is 24.2. The van der Waals surface area contributed by atoms with Gasteiger partial charge in [-0.3, -0.25) is 4.79 Å². The van der Waals surface area contributed by atoms with Crippen LogP contribution in [0.5, 0.6) is 0 Å². The highest BCUT2D eigenvalue weighted by molar-refractivity contribution is 5.69. The van der Waals surface area contributed by atoms with E-state index in [0.29, 0.717) is 13.0 Å². The molecular formula is C45H78O4. The van der Waals surface area contributed by atoms with Gasteiger partial charge in [0, 0.05) is 13.0 Å². The normalized spacial score (nSPS) is 13.1. The number of esters is 1. The summed E-state index contributed by atoms with van der Waals surface area (Å²) in [6.45, 7) is 5.17. The predicted molar refractivity (Wildman–Crippen MR) is 214 cm³/mol. The zero-order chi connectivity index (χ0) is 35.6. The van der Waals surface area contributed by atoms with Gasteiger partial charge in [0.25, 0.3) is 0 Å². The molecule has 0 bridgehead atoms. The highest BCUT2D eigenvalue weighted by Crippen LogP contribution is 2.12. The molecule has 0 spiro atoms. The fourth-order valence-corrected chi connectivity index (χ4v) is 5.47. The number of aliphatic hydroxyl groups is 1. The summed E-state index contributed by atoms with van der Waals surface area (Å²) in [5.74, 6) is -0.218. The van der Waals surface area contributed by atoms with Crippen molar-refractivity contribution in [2.75, 3.05) is 19.8 Å². The molecule has 0 rings (SSSR count). The second-order valence-corrected chi connectivity index (χ2v) is 13.3. The third kappa shape index (κ3) is 40.1. The van der Waals surface area contributed by atoms with Crippen molar-refractivity contribution in [3.8, 4) is 0 Å². The second-order valence-electron chi connectivity index (χ2n) is 13.3. The summed E-state index contributed by atoms with van der Waals surface area (Å²) < 4.78 is 11.1. The highest BCUT2D eigenvalue weighted by Gasteiger charge is 2.13. The molecule has 0 saturated heterocycles. The van der Waals surface area contributed by atoms with Crippen LogP contribution in [0.25, 0.3) is 0 Å². The summed E-state index contributed by atoms with van der Waals surface area (Å²) in [6.07, 6.45) is 56.6. The number of unbranched alkanes of at least 4 members (excludes halogenated alkanes) is 17. The molecule has 0 aromatic heterocycles. The fraction of sp³-hybridized carbons (Fsp3) is 0.711. The van der Waals surface area contributed by atoms with Crippen LogP contribution in [0.4, 0.5) is 0 Å². The van der Waals surface area contributed by atoms with Crippen molar-refractivity contribution in [2.24, 2.45) is 0 Å². The van der Waals surface area contributed by atoms with Crippen LogP contribution in [0.15, 0.2) is 72.9 Å². The van der Waals surface area contributed by atoms with E-state index in [1.54, 1.807) is 0 Å². The molecule has 1 atom stereocenters. The highest BCUT2D eigenvalue weighted by atomic mass is 16.6. The van der Waals surface area contributed by atoms with Crippen LogP contribution in [0.1, 0.15) is 181 Å². The molecule has 0 saturated carbocycles. The number of ether oxygens (including phenoxy) is 2. The predicted octanol–water partition coefficient (Wildman–Crippen LogP) is 13.4. The van der Waals surface area contributed by atoms with E-state index < -0.39 is 6.10 Å². The van der Waals surface area contributed by atoms with Gasteiger partial charge in [-0.2, -0.15) is 0 Å². The first-order valence-electron chi connectivity index (χ1n) is 20.5. The maximum atomic E-state index is 12.2. The Hall–Kier alpha value is -2.17. The summed E-state index contributed by atoms with van der Waals surface area (Å²) in [6, 6.07) is 0. The van der Waals surface area contributed by atoms with E-state index >= 15 is 0 Å². The van der Waals surface area contributed by atoms with Gasteiger partial charge in [0.15, 0.2) is 0 Å². The molecule has 4 heteroatoms. The minimum atomic E-state index is -0.549. The van der Waals surface area contributed by atoms with Crippen molar-refractivity contribution in [3.63, 3.8) is 0 Å². The molecule has 4 nitrogen and oxygen atoms in total. The number of allylic oxidation sites excluding steroid dienone is 12. The SMILES string of the molecule is CC/C=C\C/C=C\C/C=C\CCCCCCCCCCOCC(CO)OC(=O)CCCCCCCC/C=C\C/C=C\C/C=C\CCCCC. The maximum absolute atomic E-state index is 12.2. The van der Waals surface area contributed by atoms with Crippen LogP contribution in [0.2, 0.25) is 0 Å². The molecule has 0 aromatic carbocycles. The molecule has 1 N–H and O–H groups in total. The monoisotopic (exact) mass is 683 g/mol. The Morgan fingerprint density at radius 1 is 0.510 bits per heavy atom. The Morgan fingerprint density at radius 2 is 0.918 bits per heavy atom. The van der Waals surface area contributed by atoms with Crippen molar-refractivity contribution in [1.82, 2.24) is 0 Å². The second kappa shape index (κ2) is 42.0. The first-order valence-corrected chi connectivity index (χ1v) is 20.5.